The molecule has 1 aliphatic rings. The molecule has 0 radical (unpaired) electrons. The number of nitrogens with zero attached hydrogens (tertiary/aromatic N) is 3. The van der Waals surface area contributed by atoms with Crippen molar-refractivity contribution in [3.05, 3.63) is 64.1 Å². The second-order valence-corrected chi connectivity index (χ2v) is 7.22. The van der Waals surface area contributed by atoms with E-state index in [1.807, 2.05) is 19.2 Å². The maximum Gasteiger partial charge on any atom is 0.0500 e. The molecule has 1 aromatic carbocycles. The fraction of sp³-hybridized carbons (Fsp3) is 0.350. The zero-order valence-electron chi connectivity index (χ0n) is 14.2. The van der Waals surface area contributed by atoms with Crippen molar-refractivity contribution in [3.63, 3.8) is 0 Å². The monoisotopic (exact) mass is 339 g/mol. The van der Waals surface area contributed by atoms with Crippen molar-refractivity contribution in [2.45, 2.75) is 32.9 Å². The van der Waals surface area contributed by atoms with Crippen molar-refractivity contribution in [1.29, 1.82) is 0 Å². The van der Waals surface area contributed by atoms with E-state index in [2.05, 4.69) is 45.8 Å². The zero-order chi connectivity index (χ0) is 16.7. The van der Waals surface area contributed by atoms with Crippen LogP contribution in [0.4, 0.5) is 0 Å². The SMILES string of the molecule is Cc1ccc(CCn2c3c(c4ccc(Cl)cc42)CN(C)CC3)cn1. The van der Waals surface area contributed by atoms with Gasteiger partial charge in [-0.05, 0) is 49.7 Å². The summed E-state index contributed by atoms with van der Waals surface area (Å²) in [5, 5.41) is 2.16. The molecule has 4 heteroatoms. The Hall–Kier alpha value is -1.84. The Kier molecular flexibility index (Phi) is 4.07. The van der Waals surface area contributed by atoms with Crippen LogP contribution in [0, 0.1) is 6.92 Å². The molecule has 0 fully saturated rings. The number of likely N-dealkylation sites (N-methyl/N-ethyl adjacent to an activating group) is 1. The Morgan fingerprint density at radius 1 is 1.21 bits per heavy atom. The molecule has 24 heavy (non-hydrogen) atoms. The highest BCUT2D eigenvalue weighted by atomic mass is 35.5. The van der Waals surface area contributed by atoms with Crippen molar-refractivity contribution < 1.29 is 0 Å². The maximum absolute atomic E-state index is 6.28. The lowest BCUT2D eigenvalue weighted by Crippen LogP contribution is -2.27. The Labute approximate surface area is 147 Å². The predicted octanol–water partition coefficient (Wildman–Crippen LogP) is 4.23. The summed E-state index contributed by atoms with van der Waals surface area (Å²) in [7, 11) is 2.19. The summed E-state index contributed by atoms with van der Waals surface area (Å²) in [4.78, 5) is 6.81. The van der Waals surface area contributed by atoms with E-state index in [1.165, 1.54) is 27.7 Å². The molecule has 0 amide bonds. The second-order valence-electron chi connectivity index (χ2n) is 6.78. The summed E-state index contributed by atoms with van der Waals surface area (Å²) in [5.74, 6) is 0. The number of hydrogen-bond donors (Lipinski definition) is 0. The summed E-state index contributed by atoms with van der Waals surface area (Å²) in [5.41, 5.74) is 6.56. The number of hydrogen-bond acceptors (Lipinski definition) is 2. The Bertz CT molecular complexity index is 880. The van der Waals surface area contributed by atoms with Crippen LogP contribution in [0.2, 0.25) is 5.02 Å². The zero-order valence-corrected chi connectivity index (χ0v) is 15.0. The Morgan fingerprint density at radius 2 is 2.08 bits per heavy atom. The van der Waals surface area contributed by atoms with Gasteiger partial charge in [0.2, 0.25) is 0 Å². The van der Waals surface area contributed by atoms with Gasteiger partial charge in [-0.3, -0.25) is 4.98 Å². The van der Waals surface area contributed by atoms with Crippen LogP contribution in [-0.4, -0.2) is 28.0 Å². The van der Waals surface area contributed by atoms with Crippen LogP contribution in [0.15, 0.2) is 36.5 Å². The minimum absolute atomic E-state index is 0.809. The third-order valence-electron chi connectivity index (χ3n) is 5.00. The molecule has 3 heterocycles. The van der Waals surface area contributed by atoms with Gasteiger partial charge in [0.25, 0.3) is 0 Å². The molecule has 4 rings (SSSR count). The molecule has 0 N–H and O–H groups in total. The first-order valence-corrected chi connectivity index (χ1v) is 8.89. The van der Waals surface area contributed by atoms with Crippen molar-refractivity contribution >= 4 is 22.5 Å². The molecular formula is C20H22ClN3. The molecule has 3 nitrogen and oxygen atoms in total. The molecule has 0 unspecified atom stereocenters. The first-order valence-electron chi connectivity index (χ1n) is 8.51. The molecule has 0 aliphatic carbocycles. The highest BCUT2D eigenvalue weighted by Crippen LogP contribution is 2.32. The van der Waals surface area contributed by atoms with Gasteiger partial charge in [0.1, 0.15) is 0 Å². The third kappa shape index (κ3) is 2.83. The van der Waals surface area contributed by atoms with Gasteiger partial charge in [0, 0.05) is 54.0 Å². The van der Waals surface area contributed by atoms with Gasteiger partial charge in [-0.2, -0.15) is 0 Å². The summed E-state index contributed by atoms with van der Waals surface area (Å²) < 4.78 is 2.48. The Morgan fingerprint density at radius 3 is 2.88 bits per heavy atom. The summed E-state index contributed by atoms with van der Waals surface area (Å²) in [6.45, 7) is 5.13. The lowest BCUT2D eigenvalue weighted by atomic mass is 10.1. The number of pyridine rings is 1. The first-order chi connectivity index (χ1) is 11.6. The summed E-state index contributed by atoms with van der Waals surface area (Å²) in [6, 6.07) is 10.6. The first kappa shape index (κ1) is 15.7. The fourth-order valence-electron chi connectivity index (χ4n) is 3.70. The van der Waals surface area contributed by atoms with Gasteiger partial charge >= 0.3 is 0 Å². The lowest BCUT2D eigenvalue weighted by molar-refractivity contribution is 0.309. The van der Waals surface area contributed by atoms with E-state index >= 15 is 0 Å². The quantitative estimate of drug-likeness (QED) is 0.712. The molecule has 0 spiro atoms. The molecule has 0 atom stereocenters. The minimum atomic E-state index is 0.809. The molecule has 0 saturated carbocycles. The largest absolute Gasteiger partial charge is 0.344 e. The van der Waals surface area contributed by atoms with Crippen LogP contribution in [-0.2, 0) is 25.9 Å². The smallest absolute Gasteiger partial charge is 0.0500 e. The second kappa shape index (κ2) is 6.23. The van der Waals surface area contributed by atoms with Crippen LogP contribution in [0.3, 0.4) is 0 Å². The number of fused-ring (bicyclic) bond motifs is 3. The average molecular weight is 340 g/mol. The van der Waals surface area contributed by atoms with E-state index in [4.69, 9.17) is 11.6 Å². The van der Waals surface area contributed by atoms with Gasteiger partial charge in [-0.15, -0.1) is 0 Å². The lowest BCUT2D eigenvalue weighted by Gasteiger charge is -2.24. The minimum Gasteiger partial charge on any atom is -0.344 e. The topological polar surface area (TPSA) is 21.1 Å². The van der Waals surface area contributed by atoms with Crippen LogP contribution < -0.4 is 0 Å². The van der Waals surface area contributed by atoms with Gasteiger partial charge < -0.3 is 9.47 Å². The molecule has 0 saturated heterocycles. The van der Waals surface area contributed by atoms with Crippen LogP contribution in [0.5, 0.6) is 0 Å². The number of aryl methyl sites for hydroxylation is 3. The number of halogens is 1. The van der Waals surface area contributed by atoms with Crippen molar-refractivity contribution in [1.82, 2.24) is 14.5 Å². The summed E-state index contributed by atoms with van der Waals surface area (Å²) >= 11 is 6.28. The number of benzene rings is 1. The van der Waals surface area contributed by atoms with E-state index in [1.54, 1.807) is 0 Å². The van der Waals surface area contributed by atoms with Crippen molar-refractivity contribution in [3.8, 4) is 0 Å². The number of rotatable bonds is 3. The average Bonchev–Trinajstić information content (AvgIpc) is 2.86. The third-order valence-corrected chi connectivity index (χ3v) is 5.24. The highest BCUT2D eigenvalue weighted by Gasteiger charge is 2.22. The van der Waals surface area contributed by atoms with E-state index in [0.717, 1.165) is 43.2 Å². The number of aromatic nitrogens is 2. The van der Waals surface area contributed by atoms with Crippen LogP contribution >= 0.6 is 11.6 Å². The van der Waals surface area contributed by atoms with E-state index in [0.29, 0.717) is 0 Å². The molecule has 3 aromatic rings. The molecular weight excluding hydrogens is 318 g/mol. The standard InChI is InChI=1S/C20H22ClN3/c1-14-3-4-15(12-22-14)7-10-24-19-8-9-23(2)13-18(19)17-6-5-16(21)11-20(17)24/h3-6,11-12H,7-10,13H2,1-2H3. The van der Waals surface area contributed by atoms with Gasteiger partial charge in [-0.25, -0.2) is 0 Å². The predicted molar refractivity (Wildman–Crippen MR) is 99.7 cm³/mol. The molecule has 2 aromatic heterocycles. The molecule has 124 valence electrons. The van der Waals surface area contributed by atoms with Gasteiger partial charge in [0.15, 0.2) is 0 Å². The van der Waals surface area contributed by atoms with Crippen molar-refractivity contribution in [2.24, 2.45) is 0 Å². The van der Waals surface area contributed by atoms with E-state index in [-0.39, 0.29) is 0 Å². The highest BCUT2D eigenvalue weighted by molar-refractivity contribution is 6.31. The van der Waals surface area contributed by atoms with Gasteiger partial charge in [-0.1, -0.05) is 23.7 Å². The Balaban J connectivity index is 1.73. The summed E-state index contributed by atoms with van der Waals surface area (Å²) in [6.07, 6.45) is 4.09. The van der Waals surface area contributed by atoms with Crippen LogP contribution in [0.25, 0.3) is 10.9 Å². The van der Waals surface area contributed by atoms with E-state index < -0.39 is 0 Å². The van der Waals surface area contributed by atoms with Gasteiger partial charge in [0.05, 0.1) is 5.52 Å². The normalized spacial score (nSPS) is 15.0. The molecule has 0 bridgehead atoms. The van der Waals surface area contributed by atoms with E-state index in [9.17, 15) is 0 Å². The molecule has 1 aliphatic heterocycles. The van der Waals surface area contributed by atoms with Crippen LogP contribution in [0.1, 0.15) is 22.5 Å². The maximum atomic E-state index is 6.28. The fourth-order valence-corrected chi connectivity index (χ4v) is 3.86. The van der Waals surface area contributed by atoms with Crippen molar-refractivity contribution in [2.75, 3.05) is 13.6 Å².